The molecule has 1 aromatic carbocycles. The van der Waals surface area contributed by atoms with E-state index in [2.05, 4.69) is 28.3 Å². The maximum atomic E-state index is 12.7. The predicted octanol–water partition coefficient (Wildman–Crippen LogP) is 2.10. The summed E-state index contributed by atoms with van der Waals surface area (Å²) >= 11 is 0. The normalized spacial score (nSPS) is 16.9. The molecule has 2 aromatic rings. The van der Waals surface area contributed by atoms with Crippen molar-refractivity contribution in [3.63, 3.8) is 0 Å². The Morgan fingerprint density at radius 2 is 2.07 bits per heavy atom. The molecule has 0 radical (unpaired) electrons. The molecule has 0 saturated carbocycles. The number of hydrogen-bond donors (Lipinski definition) is 0. The summed E-state index contributed by atoms with van der Waals surface area (Å²) in [4.78, 5) is 17.0. The lowest BCUT2D eigenvalue weighted by Crippen LogP contribution is -2.49. The molecule has 1 aromatic heterocycles. The molecule has 0 unspecified atom stereocenters. The molecule has 1 amide bonds. The summed E-state index contributed by atoms with van der Waals surface area (Å²) in [7, 11) is 5.42. The minimum atomic E-state index is 0.0850. The van der Waals surface area contributed by atoms with E-state index in [4.69, 9.17) is 14.1 Å². The van der Waals surface area contributed by atoms with Crippen molar-refractivity contribution in [1.29, 1.82) is 0 Å². The summed E-state index contributed by atoms with van der Waals surface area (Å²) in [6.45, 7) is 4.25. The van der Waals surface area contributed by atoms with Crippen LogP contribution in [-0.4, -0.2) is 73.0 Å². The van der Waals surface area contributed by atoms with Gasteiger partial charge < -0.3 is 19.3 Å². The molecule has 3 rings (SSSR count). The molecule has 0 N–H and O–H groups in total. The average Bonchev–Trinajstić information content (AvgIpc) is 3.16. The van der Waals surface area contributed by atoms with Crippen LogP contribution in [0.25, 0.3) is 0 Å². The van der Waals surface area contributed by atoms with Gasteiger partial charge in [-0.25, -0.2) is 4.63 Å². The standard InChI is InChI=1S/C21H30N4O4/c1-15-18(23-29-22-15)13-21(26)25-10-5-6-17(14-25)24(2)11-9-16-7-8-19(27-3)20(12-16)28-4/h7-8,12,17H,5-6,9-11,13-14H2,1-4H3/t17-/m1/s1. The number of hydrogen-bond acceptors (Lipinski definition) is 7. The van der Waals surface area contributed by atoms with E-state index in [1.807, 2.05) is 17.0 Å². The van der Waals surface area contributed by atoms with E-state index < -0.39 is 0 Å². The molecular formula is C21H30N4O4. The van der Waals surface area contributed by atoms with Crippen molar-refractivity contribution in [2.24, 2.45) is 0 Å². The Bertz CT molecular complexity index is 823. The van der Waals surface area contributed by atoms with Gasteiger partial charge in [0.15, 0.2) is 11.5 Å². The van der Waals surface area contributed by atoms with Crippen molar-refractivity contribution in [1.82, 2.24) is 20.1 Å². The SMILES string of the molecule is COc1ccc(CCN(C)[C@@H]2CCCN(C(=O)Cc3nonc3C)C2)cc1OC. The number of carbonyl (C=O) groups is 1. The Morgan fingerprint density at radius 3 is 2.76 bits per heavy atom. The monoisotopic (exact) mass is 402 g/mol. The largest absolute Gasteiger partial charge is 0.493 e. The van der Waals surface area contributed by atoms with Crippen molar-refractivity contribution in [2.75, 3.05) is 40.9 Å². The first kappa shape index (κ1) is 21.1. The number of aromatic nitrogens is 2. The second-order valence-electron chi connectivity index (χ2n) is 7.53. The van der Waals surface area contributed by atoms with E-state index in [-0.39, 0.29) is 12.3 Å². The quantitative estimate of drug-likeness (QED) is 0.669. The van der Waals surface area contributed by atoms with Crippen LogP contribution < -0.4 is 9.47 Å². The second kappa shape index (κ2) is 9.73. The van der Waals surface area contributed by atoms with Crippen molar-refractivity contribution in [2.45, 2.75) is 38.6 Å². The van der Waals surface area contributed by atoms with Crippen LogP contribution in [0.2, 0.25) is 0 Å². The zero-order valence-corrected chi connectivity index (χ0v) is 17.7. The van der Waals surface area contributed by atoms with Crippen LogP contribution in [0.4, 0.5) is 0 Å². The van der Waals surface area contributed by atoms with Crippen molar-refractivity contribution in [3.05, 3.63) is 35.2 Å². The number of carbonyl (C=O) groups excluding carboxylic acids is 1. The highest BCUT2D eigenvalue weighted by Crippen LogP contribution is 2.28. The highest BCUT2D eigenvalue weighted by molar-refractivity contribution is 5.78. The van der Waals surface area contributed by atoms with E-state index in [1.165, 1.54) is 5.56 Å². The zero-order chi connectivity index (χ0) is 20.8. The number of rotatable bonds is 8. The number of nitrogens with zero attached hydrogens (tertiary/aromatic N) is 4. The minimum absolute atomic E-state index is 0.0850. The summed E-state index contributed by atoms with van der Waals surface area (Å²) in [6.07, 6.45) is 3.26. The molecule has 0 spiro atoms. The smallest absolute Gasteiger partial charge is 0.228 e. The molecule has 1 saturated heterocycles. The summed E-state index contributed by atoms with van der Waals surface area (Å²) in [5.41, 5.74) is 2.50. The molecule has 8 nitrogen and oxygen atoms in total. The first-order valence-electron chi connectivity index (χ1n) is 9.98. The number of benzene rings is 1. The topological polar surface area (TPSA) is 80.9 Å². The number of likely N-dealkylation sites (N-methyl/N-ethyl adjacent to an activating group) is 1. The van der Waals surface area contributed by atoms with Gasteiger partial charge in [-0.05, 0) is 50.9 Å². The third kappa shape index (κ3) is 5.26. The average molecular weight is 402 g/mol. The molecular weight excluding hydrogens is 372 g/mol. The fourth-order valence-electron chi connectivity index (χ4n) is 3.73. The molecule has 1 fully saturated rings. The lowest BCUT2D eigenvalue weighted by molar-refractivity contribution is -0.132. The second-order valence-corrected chi connectivity index (χ2v) is 7.53. The van der Waals surface area contributed by atoms with E-state index >= 15 is 0 Å². The predicted molar refractivity (Wildman–Crippen MR) is 108 cm³/mol. The third-order valence-corrected chi connectivity index (χ3v) is 5.64. The third-order valence-electron chi connectivity index (χ3n) is 5.64. The van der Waals surface area contributed by atoms with Gasteiger partial charge in [-0.15, -0.1) is 0 Å². The van der Waals surface area contributed by atoms with E-state index in [1.54, 1.807) is 21.1 Å². The lowest BCUT2D eigenvalue weighted by Gasteiger charge is -2.37. The fraction of sp³-hybridized carbons (Fsp3) is 0.571. The van der Waals surface area contributed by atoms with E-state index in [0.717, 1.165) is 50.4 Å². The summed E-state index contributed by atoms with van der Waals surface area (Å²) in [6, 6.07) is 6.39. The molecule has 158 valence electrons. The van der Waals surface area contributed by atoms with Gasteiger partial charge in [-0.1, -0.05) is 16.4 Å². The molecule has 1 aliphatic rings. The molecule has 1 aliphatic heterocycles. The van der Waals surface area contributed by atoms with Crippen molar-refractivity contribution < 1.29 is 18.9 Å². The van der Waals surface area contributed by atoms with Crippen LogP contribution in [-0.2, 0) is 17.6 Å². The van der Waals surface area contributed by atoms with Crippen LogP contribution in [0.15, 0.2) is 22.8 Å². The minimum Gasteiger partial charge on any atom is -0.493 e. The van der Waals surface area contributed by atoms with Gasteiger partial charge in [0.05, 0.1) is 20.6 Å². The Morgan fingerprint density at radius 1 is 1.28 bits per heavy atom. The van der Waals surface area contributed by atoms with Crippen molar-refractivity contribution >= 4 is 5.91 Å². The van der Waals surface area contributed by atoms with Crippen LogP contribution in [0.5, 0.6) is 11.5 Å². The molecule has 0 bridgehead atoms. The van der Waals surface area contributed by atoms with Gasteiger partial charge in [-0.3, -0.25) is 4.79 Å². The number of methoxy groups -OCH3 is 2. The van der Waals surface area contributed by atoms with Crippen LogP contribution in [0, 0.1) is 6.92 Å². The molecule has 8 heteroatoms. The fourth-order valence-corrected chi connectivity index (χ4v) is 3.73. The summed E-state index contributed by atoms with van der Waals surface area (Å²) in [5, 5.41) is 7.58. The highest BCUT2D eigenvalue weighted by atomic mass is 16.6. The number of aryl methyl sites for hydroxylation is 1. The van der Waals surface area contributed by atoms with Gasteiger partial charge in [-0.2, -0.15) is 0 Å². The highest BCUT2D eigenvalue weighted by Gasteiger charge is 2.27. The van der Waals surface area contributed by atoms with E-state index in [9.17, 15) is 4.79 Å². The van der Waals surface area contributed by atoms with Crippen molar-refractivity contribution in [3.8, 4) is 11.5 Å². The molecule has 2 heterocycles. The number of piperidine rings is 1. The number of amides is 1. The molecule has 0 aliphatic carbocycles. The van der Waals surface area contributed by atoms with E-state index in [0.29, 0.717) is 17.4 Å². The summed E-state index contributed by atoms with van der Waals surface area (Å²) < 4.78 is 15.4. The van der Waals surface area contributed by atoms with Gasteiger partial charge in [0.25, 0.3) is 0 Å². The first-order valence-corrected chi connectivity index (χ1v) is 9.98. The molecule has 1 atom stereocenters. The van der Waals surface area contributed by atoms with Gasteiger partial charge in [0, 0.05) is 25.7 Å². The van der Waals surface area contributed by atoms with Gasteiger partial charge in [0.1, 0.15) is 11.4 Å². The number of likely N-dealkylation sites (tertiary alicyclic amines) is 1. The van der Waals surface area contributed by atoms with Crippen LogP contribution in [0.1, 0.15) is 29.8 Å². The maximum absolute atomic E-state index is 12.7. The lowest BCUT2D eigenvalue weighted by atomic mass is 10.0. The number of ether oxygens (including phenoxy) is 2. The Kier molecular flexibility index (Phi) is 7.09. The van der Waals surface area contributed by atoms with Crippen LogP contribution >= 0.6 is 0 Å². The molecule has 29 heavy (non-hydrogen) atoms. The maximum Gasteiger partial charge on any atom is 0.228 e. The van der Waals surface area contributed by atoms with Gasteiger partial charge >= 0.3 is 0 Å². The zero-order valence-electron chi connectivity index (χ0n) is 17.7. The Balaban J connectivity index is 1.53. The van der Waals surface area contributed by atoms with Crippen LogP contribution in [0.3, 0.4) is 0 Å². The Labute approximate surface area is 171 Å². The summed E-state index contributed by atoms with van der Waals surface area (Å²) in [5.74, 6) is 1.57. The first-order chi connectivity index (χ1) is 14.0. The Hall–Kier alpha value is -2.61. The van der Waals surface area contributed by atoms with Gasteiger partial charge in [0.2, 0.25) is 5.91 Å².